The molecule has 0 unspecified atom stereocenters. The quantitative estimate of drug-likeness (QED) is 0.646. The summed E-state index contributed by atoms with van der Waals surface area (Å²) in [6.07, 6.45) is 9.06. The minimum Gasteiger partial charge on any atom is -0.497 e. The van der Waals surface area contributed by atoms with Gasteiger partial charge in [0.1, 0.15) is 23.3 Å². The number of hydrogen-bond acceptors (Lipinski definition) is 5. The van der Waals surface area contributed by atoms with Gasteiger partial charge in [0, 0.05) is 12.0 Å². The van der Waals surface area contributed by atoms with E-state index in [1.54, 1.807) is 11.9 Å². The molecule has 190 valence electrons. The van der Waals surface area contributed by atoms with E-state index in [1.165, 1.54) is 25.7 Å². The summed E-state index contributed by atoms with van der Waals surface area (Å²) in [5, 5.41) is 19.8. The summed E-state index contributed by atoms with van der Waals surface area (Å²) in [5.74, 6) is 5.36. The molecule has 2 aromatic rings. The van der Waals surface area contributed by atoms with Crippen LogP contribution in [0.1, 0.15) is 72.1 Å². The summed E-state index contributed by atoms with van der Waals surface area (Å²) in [7, 11) is 1.65. The van der Waals surface area contributed by atoms with Crippen LogP contribution in [0.5, 0.6) is 5.75 Å². The van der Waals surface area contributed by atoms with Gasteiger partial charge in [-0.1, -0.05) is 13.8 Å². The predicted octanol–water partition coefficient (Wildman–Crippen LogP) is 5.27. The fourth-order valence-corrected chi connectivity index (χ4v) is 9.51. The summed E-state index contributed by atoms with van der Waals surface area (Å²) in [6, 6.07) is 5.66. The van der Waals surface area contributed by atoms with Crippen LogP contribution in [0.4, 0.5) is 0 Å². The lowest BCUT2D eigenvalue weighted by Gasteiger charge is -2.57. The molecule has 1 heterocycles. The molecule has 6 rings (SSSR count). The van der Waals surface area contributed by atoms with Crippen molar-refractivity contribution in [1.82, 2.24) is 15.0 Å². The SMILES string of the molecule is COc1ccc2nn(CC(=O)[C@H]3C[C@@H](C)[C@H]4[C@@H]5CC[C@@H]6C[C@](C)(O)CC[C@@H]6[C@H]5CC[C@@]43C)nc2c1. The Morgan fingerprint density at radius 2 is 1.86 bits per heavy atom. The van der Waals surface area contributed by atoms with Gasteiger partial charge in [-0.2, -0.15) is 15.0 Å². The number of ether oxygens (including phenoxy) is 1. The van der Waals surface area contributed by atoms with Crippen LogP contribution in [-0.2, 0) is 11.3 Å². The summed E-state index contributed by atoms with van der Waals surface area (Å²) < 4.78 is 5.31. The molecule has 1 N–H and O–H groups in total. The zero-order chi connectivity index (χ0) is 24.5. The number of aliphatic hydroxyl groups is 1. The number of nitrogens with zero attached hydrogens (tertiary/aromatic N) is 3. The van der Waals surface area contributed by atoms with Crippen molar-refractivity contribution in [3.8, 4) is 5.75 Å². The maximum absolute atomic E-state index is 13.7. The van der Waals surface area contributed by atoms with Crippen LogP contribution in [-0.4, -0.2) is 38.6 Å². The predicted molar refractivity (Wildman–Crippen MR) is 135 cm³/mol. The number of benzene rings is 1. The highest BCUT2D eigenvalue weighted by atomic mass is 16.5. The van der Waals surface area contributed by atoms with Gasteiger partial charge in [0.25, 0.3) is 0 Å². The Labute approximate surface area is 208 Å². The number of carbonyl (C=O) groups excluding carboxylic acids is 1. The van der Waals surface area contributed by atoms with E-state index in [0.29, 0.717) is 23.5 Å². The van der Waals surface area contributed by atoms with Crippen LogP contribution < -0.4 is 4.74 Å². The number of fused-ring (bicyclic) bond motifs is 6. The van der Waals surface area contributed by atoms with Gasteiger partial charge in [-0.05, 0) is 111 Å². The van der Waals surface area contributed by atoms with Crippen molar-refractivity contribution in [2.45, 2.75) is 84.3 Å². The third kappa shape index (κ3) is 3.82. The van der Waals surface area contributed by atoms with Crippen LogP contribution in [0.25, 0.3) is 11.0 Å². The number of hydrogen-bond donors (Lipinski definition) is 1. The zero-order valence-electron chi connectivity index (χ0n) is 21.7. The largest absolute Gasteiger partial charge is 0.497 e. The van der Waals surface area contributed by atoms with Crippen LogP contribution in [0.2, 0.25) is 0 Å². The molecule has 0 radical (unpaired) electrons. The molecular formula is C29H41N3O3. The van der Waals surface area contributed by atoms with Gasteiger partial charge in [0.15, 0.2) is 5.78 Å². The van der Waals surface area contributed by atoms with Gasteiger partial charge < -0.3 is 9.84 Å². The number of Topliss-reactive ketones (excluding diaryl/α,β-unsaturated/α-hetero) is 1. The third-order valence-electron chi connectivity index (χ3n) is 10.9. The minimum absolute atomic E-state index is 0.0838. The van der Waals surface area contributed by atoms with E-state index < -0.39 is 5.60 Å². The van der Waals surface area contributed by atoms with Crippen molar-refractivity contribution in [3.05, 3.63) is 18.2 Å². The molecule has 4 fully saturated rings. The first-order chi connectivity index (χ1) is 16.7. The Bertz CT molecular complexity index is 1130. The molecule has 35 heavy (non-hydrogen) atoms. The highest BCUT2D eigenvalue weighted by molar-refractivity contribution is 5.82. The van der Waals surface area contributed by atoms with Crippen LogP contribution in [0.3, 0.4) is 0 Å². The Hall–Kier alpha value is -1.95. The molecule has 0 amide bonds. The summed E-state index contributed by atoms with van der Waals surface area (Å²) in [4.78, 5) is 15.3. The fraction of sp³-hybridized carbons (Fsp3) is 0.759. The second kappa shape index (κ2) is 8.29. The van der Waals surface area contributed by atoms with E-state index >= 15 is 0 Å². The van der Waals surface area contributed by atoms with E-state index in [9.17, 15) is 9.90 Å². The standard InChI is InChI=1S/C29H41N3O3/c1-17-13-23(26(33)16-32-30-24-8-6-19(35-4)14-25(24)31-32)29(3)12-10-21-20-9-11-28(2,34)15-18(20)5-7-22(21)27(17)29/h6,8,14,17-18,20-23,27,34H,5,7,9-13,15-16H2,1-4H3/t17-,18-,20+,21-,22-,23-,27+,28-,29-/m1/s1. The van der Waals surface area contributed by atoms with E-state index in [1.807, 2.05) is 25.1 Å². The van der Waals surface area contributed by atoms with E-state index in [0.717, 1.165) is 60.2 Å². The average Bonchev–Trinajstić information content (AvgIpc) is 3.34. The van der Waals surface area contributed by atoms with Crippen LogP contribution >= 0.6 is 0 Å². The van der Waals surface area contributed by atoms with Gasteiger partial charge in [0.2, 0.25) is 0 Å². The molecule has 4 aliphatic rings. The van der Waals surface area contributed by atoms with Crippen LogP contribution in [0.15, 0.2) is 18.2 Å². The minimum atomic E-state index is -0.466. The maximum Gasteiger partial charge on any atom is 0.159 e. The summed E-state index contributed by atoms with van der Waals surface area (Å²) in [6.45, 7) is 7.12. The molecule has 6 nitrogen and oxygen atoms in total. The molecule has 0 aliphatic heterocycles. The normalized spacial score (nSPS) is 42.8. The molecule has 9 atom stereocenters. The Balaban J connectivity index is 1.20. The van der Waals surface area contributed by atoms with Gasteiger partial charge in [-0.25, -0.2) is 0 Å². The number of aromatic nitrogens is 3. The van der Waals surface area contributed by atoms with Gasteiger partial charge >= 0.3 is 0 Å². The lowest BCUT2D eigenvalue weighted by molar-refractivity contribution is -0.133. The van der Waals surface area contributed by atoms with Crippen molar-refractivity contribution in [3.63, 3.8) is 0 Å². The Morgan fingerprint density at radius 1 is 1.09 bits per heavy atom. The molecule has 1 aromatic carbocycles. The van der Waals surface area contributed by atoms with Crippen molar-refractivity contribution in [2.24, 2.45) is 46.8 Å². The number of rotatable bonds is 4. The van der Waals surface area contributed by atoms with Crippen molar-refractivity contribution < 1.29 is 14.6 Å². The first-order valence-corrected chi connectivity index (χ1v) is 13.8. The second-order valence-electron chi connectivity index (χ2n) is 13.0. The van der Waals surface area contributed by atoms with Gasteiger partial charge in [-0.15, -0.1) is 0 Å². The van der Waals surface area contributed by atoms with E-state index in [2.05, 4.69) is 24.0 Å². The topological polar surface area (TPSA) is 77.2 Å². The monoisotopic (exact) mass is 479 g/mol. The Kier molecular flexibility index (Phi) is 5.55. The number of methoxy groups -OCH3 is 1. The third-order valence-corrected chi connectivity index (χ3v) is 10.9. The van der Waals surface area contributed by atoms with Gasteiger partial charge in [-0.3, -0.25) is 4.79 Å². The lowest BCUT2D eigenvalue weighted by Crippen LogP contribution is -2.51. The van der Waals surface area contributed by atoms with Crippen LogP contribution in [0, 0.1) is 46.8 Å². The fourth-order valence-electron chi connectivity index (χ4n) is 9.51. The Morgan fingerprint density at radius 3 is 2.66 bits per heavy atom. The van der Waals surface area contributed by atoms with E-state index in [4.69, 9.17) is 4.74 Å². The molecule has 0 spiro atoms. The maximum atomic E-state index is 13.7. The first kappa shape index (κ1) is 23.4. The molecule has 6 heteroatoms. The highest BCUT2D eigenvalue weighted by Gasteiger charge is 2.61. The number of carbonyl (C=O) groups is 1. The lowest BCUT2D eigenvalue weighted by atomic mass is 9.48. The molecule has 4 saturated carbocycles. The molecular weight excluding hydrogens is 438 g/mol. The molecule has 0 saturated heterocycles. The number of ketones is 1. The highest BCUT2D eigenvalue weighted by Crippen LogP contribution is 2.66. The summed E-state index contributed by atoms with van der Waals surface area (Å²) in [5.41, 5.74) is 1.18. The van der Waals surface area contributed by atoms with Crippen molar-refractivity contribution in [2.75, 3.05) is 7.11 Å². The van der Waals surface area contributed by atoms with E-state index in [-0.39, 0.29) is 17.9 Å². The smallest absolute Gasteiger partial charge is 0.159 e. The van der Waals surface area contributed by atoms with Crippen molar-refractivity contribution >= 4 is 16.8 Å². The second-order valence-corrected chi connectivity index (χ2v) is 13.0. The van der Waals surface area contributed by atoms with Crippen molar-refractivity contribution in [1.29, 1.82) is 0 Å². The zero-order valence-corrected chi connectivity index (χ0v) is 21.7. The first-order valence-electron chi connectivity index (χ1n) is 13.8. The molecule has 1 aromatic heterocycles. The molecule has 4 aliphatic carbocycles. The molecule has 0 bridgehead atoms. The van der Waals surface area contributed by atoms with Gasteiger partial charge in [0.05, 0.1) is 12.7 Å². The average molecular weight is 480 g/mol. The summed E-state index contributed by atoms with van der Waals surface area (Å²) >= 11 is 0.